The highest BCUT2D eigenvalue weighted by Crippen LogP contribution is 2.53. The number of carbonyl (C=O) groups is 3. The molecule has 10 nitrogen and oxygen atoms in total. The van der Waals surface area contributed by atoms with Crippen LogP contribution in [-0.4, -0.2) is 48.7 Å². The first-order chi connectivity index (χ1) is 16.7. The molecule has 3 rings (SSSR count). The fourth-order valence-electron chi connectivity index (χ4n) is 4.56. The van der Waals surface area contributed by atoms with Crippen LogP contribution in [0.15, 0.2) is 48.5 Å². The van der Waals surface area contributed by atoms with E-state index in [1.165, 1.54) is 36.4 Å². The van der Waals surface area contributed by atoms with Crippen LogP contribution in [0, 0.1) is 15.9 Å². The summed E-state index contributed by atoms with van der Waals surface area (Å²) in [5, 5.41) is 14.8. The average Bonchev–Trinajstić information content (AvgIpc) is 3.23. The smallest absolute Gasteiger partial charge is 0.338 e. The molecule has 1 N–H and O–H groups in total. The van der Waals surface area contributed by atoms with E-state index in [-0.39, 0.29) is 24.3 Å². The van der Waals surface area contributed by atoms with Gasteiger partial charge in [0.1, 0.15) is 11.2 Å². The summed E-state index contributed by atoms with van der Waals surface area (Å²) >= 11 is 0. The molecule has 2 aromatic rings. The highest BCUT2D eigenvalue weighted by molar-refractivity contribution is 6.07. The minimum absolute atomic E-state index is 0.0837. The van der Waals surface area contributed by atoms with Gasteiger partial charge in [-0.2, -0.15) is 0 Å². The van der Waals surface area contributed by atoms with E-state index in [1.54, 1.807) is 13.8 Å². The molecule has 1 heterocycles. The van der Waals surface area contributed by atoms with E-state index in [1.807, 2.05) is 0 Å². The van der Waals surface area contributed by atoms with Crippen molar-refractivity contribution in [1.82, 2.24) is 5.32 Å². The molecule has 1 saturated heterocycles. The Labute approximate surface area is 200 Å². The van der Waals surface area contributed by atoms with Gasteiger partial charge >= 0.3 is 17.9 Å². The van der Waals surface area contributed by atoms with Crippen molar-refractivity contribution in [3.8, 4) is 0 Å². The Balaban J connectivity index is 2.40. The molecule has 0 spiro atoms. The fourth-order valence-corrected chi connectivity index (χ4v) is 4.56. The number of esters is 3. The van der Waals surface area contributed by atoms with Crippen molar-refractivity contribution in [3.63, 3.8) is 0 Å². The maximum Gasteiger partial charge on any atom is 0.338 e. The fraction of sp³-hybridized carbons (Fsp3) is 0.375. The summed E-state index contributed by atoms with van der Waals surface area (Å²) in [7, 11) is 1.09. The van der Waals surface area contributed by atoms with Crippen LogP contribution in [0.25, 0.3) is 0 Å². The van der Waals surface area contributed by atoms with Gasteiger partial charge in [0.25, 0.3) is 5.69 Å². The van der Waals surface area contributed by atoms with Gasteiger partial charge in [-0.25, -0.2) is 14.0 Å². The second-order valence-electron chi connectivity index (χ2n) is 7.89. The minimum atomic E-state index is -2.21. The van der Waals surface area contributed by atoms with E-state index in [9.17, 15) is 28.9 Å². The Morgan fingerprint density at radius 2 is 1.60 bits per heavy atom. The van der Waals surface area contributed by atoms with Gasteiger partial charge in [-0.05, 0) is 31.5 Å². The number of nitrogens with one attached hydrogen (secondary N) is 1. The molecule has 2 aromatic carbocycles. The largest absolute Gasteiger partial charge is 0.468 e. The summed E-state index contributed by atoms with van der Waals surface area (Å²) in [6.07, 6.45) is -0.600. The number of halogens is 1. The molecule has 2 atom stereocenters. The standard InChI is InChI=1S/C24H25FN2O8/c1-4-34-21(29)24(22(30)35-5-2)14-23(20(28)33-3,17-8-6-7-9-18(17)27(31)32)19(26-24)15-10-12-16(25)13-11-15/h6-13,19,26H,4-5,14H2,1-3H3/t19?,23-/m0/s1. The summed E-state index contributed by atoms with van der Waals surface area (Å²) < 4.78 is 29.2. The van der Waals surface area contributed by atoms with Crippen molar-refractivity contribution in [2.75, 3.05) is 20.3 Å². The van der Waals surface area contributed by atoms with E-state index in [0.29, 0.717) is 0 Å². The quantitative estimate of drug-likeness (QED) is 0.196. The first kappa shape index (κ1) is 25.8. The van der Waals surface area contributed by atoms with Crippen molar-refractivity contribution in [2.24, 2.45) is 0 Å². The molecule has 0 bridgehead atoms. The van der Waals surface area contributed by atoms with Gasteiger partial charge in [0, 0.05) is 18.1 Å². The van der Waals surface area contributed by atoms with E-state index in [2.05, 4.69) is 5.32 Å². The molecule has 35 heavy (non-hydrogen) atoms. The number of rotatable bonds is 8. The Hall–Kier alpha value is -3.86. The lowest BCUT2D eigenvalue weighted by molar-refractivity contribution is -0.386. The van der Waals surface area contributed by atoms with Crippen LogP contribution in [0.4, 0.5) is 10.1 Å². The van der Waals surface area contributed by atoms with Gasteiger partial charge < -0.3 is 14.2 Å². The van der Waals surface area contributed by atoms with Crippen LogP contribution in [0.1, 0.15) is 37.4 Å². The van der Waals surface area contributed by atoms with Crippen molar-refractivity contribution in [1.29, 1.82) is 0 Å². The monoisotopic (exact) mass is 488 g/mol. The summed E-state index contributed by atoms with van der Waals surface area (Å²) in [5.74, 6) is -3.54. The summed E-state index contributed by atoms with van der Waals surface area (Å²) in [4.78, 5) is 51.3. The molecule has 1 aliphatic heterocycles. The number of nitro benzene ring substituents is 1. The summed E-state index contributed by atoms with van der Waals surface area (Å²) in [6.45, 7) is 2.91. The highest BCUT2D eigenvalue weighted by Gasteiger charge is 2.69. The van der Waals surface area contributed by atoms with E-state index in [4.69, 9.17) is 14.2 Å². The van der Waals surface area contributed by atoms with Gasteiger partial charge in [0.15, 0.2) is 0 Å². The zero-order chi connectivity index (χ0) is 25.8. The van der Waals surface area contributed by atoms with Crippen LogP contribution < -0.4 is 5.32 Å². The molecule has 1 aliphatic rings. The molecule has 0 aromatic heterocycles. The number of para-hydroxylation sites is 1. The van der Waals surface area contributed by atoms with Crippen LogP contribution >= 0.6 is 0 Å². The number of nitrogens with zero attached hydrogens (tertiary/aromatic N) is 1. The first-order valence-electron chi connectivity index (χ1n) is 10.9. The first-order valence-corrected chi connectivity index (χ1v) is 10.9. The molecular formula is C24H25FN2O8. The van der Waals surface area contributed by atoms with Gasteiger partial charge in [-0.15, -0.1) is 0 Å². The third-order valence-corrected chi connectivity index (χ3v) is 6.01. The molecule has 1 unspecified atom stereocenters. The number of carbonyl (C=O) groups excluding carboxylic acids is 3. The molecule has 0 radical (unpaired) electrons. The number of ether oxygens (including phenoxy) is 3. The third kappa shape index (κ3) is 4.34. The minimum Gasteiger partial charge on any atom is -0.468 e. The lowest BCUT2D eigenvalue weighted by Crippen LogP contribution is -2.56. The van der Waals surface area contributed by atoms with Gasteiger partial charge in [-0.3, -0.25) is 20.2 Å². The number of methoxy groups -OCH3 is 1. The van der Waals surface area contributed by atoms with Gasteiger partial charge in [0.2, 0.25) is 5.54 Å². The Bertz CT molecular complexity index is 1120. The van der Waals surface area contributed by atoms with Gasteiger partial charge in [0.05, 0.1) is 31.3 Å². The number of hydrogen-bond donors (Lipinski definition) is 1. The molecule has 1 fully saturated rings. The van der Waals surface area contributed by atoms with E-state index >= 15 is 0 Å². The van der Waals surface area contributed by atoms with Crippen molar-refractivity contribution < 1.29 is 37.9 Å². The predicted octanol–water partition coefficient (Wildman–Crippen LogP) is 2.74. The average molecular weight is 488 g/mol. The SMILES string of the molecule is CCOC(=O)C1(C(=O)OCC)C[C@](C(=O)OC)(c2ccccc2[N+](=O)[O-])C(c2ccc(F)cc2)N1. The zero-order valence-corrected chi connectivity index (χ0v) is 19.4. The molecular weight excluding hydrogens is 463 g/mol. The predicted molar refractivity (Wildman–Crippen MR) is 120 cm³/mol. The van der Waals surface area contributed by atoms with Crippen LogP contribution in [-0.2, 0) is 34.0 Å². The lowest BCUT2D eigenvalue weighted by atomic mass is 9.69. The second kappa shape index (κ2) is 10.2. The number of nitro groups is 1. The molecule has 0 amide bonds. The van der Waals surface area contributed by atoms with Crippen molar-refractivity contribution in [3.05, 3.63) is 75.6 Å². The summed E-state index contributed by atoms with van der Waals surface area (Å²) in [6, 6.07) is 9.22. The van der Waals surface area contributed by atoms with Crippen LogP contribution in [0.3, 0.4) is 0 Å². The topological polar surface area (TPSA) is 134 Å². The maximum absolute atomic E-state index is 13.7. The van der Waals surface area contributed by atoms with Crippen LogP contribution in [0.2, 0.25) is 0 Å². The van der Waals surface area contributed by atoms with Crippen LogP contribution in [0.5, 0.6) is 0 Å². The lowest BCUT2D eigenvalue weighted by Gasteiger charge is -2.32. The van der Waals surface area contributed by atoms with E-state index in [0.717, 1.165) is 19.2 Å². The highest BCUT2D eigenvalue weighted by atomic mass is 19.1. The summed E-state index contributed by atoms with van der Waals surface area (Å²) in [5.41, 5.74) is -4.39. The molecule has 0 saturated carbocycles. The Morgan fingerprint density at radius 3 is 2.11 bits per heavy atom. The number of hydrogen-bond acceptors (Lipinski definition) is 9. The normalized spacial score (nSPS) is 20.6. The zero-order valence-electron chi connectivity index (χ0n) is 19.4. The van der Waals surface area contributed by atoms with Crippen molar-refractivity contribution >= 4 is 23.6 Å². The molecule has 0 aliphatic carbocycles. The Morgan fingerprint density at radius 1 is 1.03 bits per heavy atom. The second-order valence-corrected chi connectivity index (χ2v) is 7.89. The van der Waals surface area contributed by atoms with E-state index < -0.39 is 57.8 Å². The Kier molecular flexibility index (Phi) is 7.49. The van der Waals surface area contributed by atoms with Crippen molar-refractivity contribution in [2.45, 2.75) is 37.3 Å². The third-order valence-electron chi connectivity index (χ3n) is 6.01. The maximum atomic E-state index is 13.7. The molecule has 11 heteroatoms. The number of benzene rings is 2. The molecule has 186 valence electrons. The van der Waals surface area contributed by atoms with Gasteiger partial charge in [-0.1, -0.05) is 30.3 Å².